The molecule has 1 amide bonds. The number of carbonyl (C=O) groups is 1. The zero-order valence-corrected chi connectivity index (χ0v) is 11.3. The van der Waals surface area contributed by atoms with E-state index in [2.05, 4.69) is 20.8 Å². The van der Waals surface area contributed by atoms with Gasteiger partial charge in [0.25, 0.3) is 5.91 Å². The summed E-state index contributed by atoms with van der Waals surface area (Å²) in [7, 11) is 0. The molecule has 2 aliphatic rings. The molecule has 1 saturated heterocycles. The summed E-state index contributed by atoms with van der Waals surface area (Å²) in [6.07, 6.45) is 6.03. The van der Waals surface area contributed by atoms with E-state index in [1.54, 1.807) is 12.4 Å². The minimum absolute atomic E-state index is 0.156. The molecule has 1 fully saturated rings. The molecular weight excluding hydrogens is 256 g/mol. The topological polar surface area (TPSA) is 75.6 Å². The summed E-state index contributed by atoms with van der Waals surface area (Å²) in [6.45, 7) is 2.22. The van der Waals surface area contributed by atoms with Crippen LogP contribution in [-0.2, 0) is 16.2 Å². The first kappa shape index (κ1) is 13.1. The standard InChI is InChI=1S/C14H18N4O2/c19-13(17-9-11-3-1-5-15-8-11)12-7-14(20-18-12)4-2-6-16-10-14/h1,3,5,8,16H,2,4,6-7,9-10H2,(H,17,19)/t14-/m1/s1. The fourth-order valence-electron chi connectivity index (χ4n) is 2.60. The van der Waals surface area contributed by atoms with Crippen molar-refractivity contribution < 1.29 is 9.63 Å². The number of hydrogen-bond donors (Lipinski definition) is 2. The predicted octanol–water partition coefficient (Wildman–Crippen LogP) is 0.596. The van der Waals surface area contributed by atoms with Crippen molar-refractivity contribution in [3.63, 3.8) is 0 Å². The summed E-state index contributed by atoms with van der Waals surface area (Å²) in [4.78, 5) is 21.6. The Morgan fingerprint density at radius 2 is 2.50 bits per heavy atom. The molecule has 6 heteroatoms. The smallest absolute Gasteiger partial charge is 0.269 e. The van der Waals surface area contributed by atoms with E-state index in [-0.39, 0.29) is 11.5 Å². The number of oxime groups is 1. The average molecular weight is 274 g/mol. The van der Waals surface area contributed by atoms with Gasteiger partial charge >= 0.3 is 0 Å². The van der Waals surface area contributed by atoms with Crippen molar-refractivity contribution in [1.29, 1.82) is 0 Å². The van der Waals surface area contributed by atoms with E-state index in [1.165, 1.54) is 0 Å². The van der Waals surface area contributed by atoms with Gasteiger partial charge in [-0.3, -0.25) is 9.78 Å². The normalized spacial score (nSPS) is 25.1. The summed E-state index contributed by atoms with van der Waals surface area (Å²) in [5.74, 6) is -0.156. The van der Waals surface area contributed by atoms with Crippen molar-refractivity contribution in [2.45, 2.75) is 31.4 Å². The van der Waals surface area contributed by atoms with E-state index in [4.69, 9.17) is 4.84 Å². The van der Waals surface area contributed by atoms with Crippen LogP contribution in [0.1, 0.15) is 24.8 Å². The van der Waals surface area contributed by atoms with Crippen molar-refractivity contribution in [3.8, 4) is 0 Å². The lowest BCUT2D eigenvalue weighted by atomic mass is 9.89. The molecule has 0 saturated carbocycles. The van der Waals surface area contributed by atoms with E-state index in [0.29, 0.717) is 18.7 Å². The van der Waals surface area contributed by atoms with Crippen LogP contribution in [0.2, 0.25) is 0 Å². The van der Waals surface area contributed by atoms with E-state index < -0.39 is 0 Å². The number of pyridine rings is 1. The summed E-state index contributed by atoms with van der Waals surface area (Å²) < 4.78 is 0. The number of amides is 1. The van der Waals surface area contributed by atoms with Crippen molar-refractivity contribution >= 4 is 11.6 Å². The number of piperidine rings is 1. The third-order valence-corrected chi connectivity index (χ3v) is 3.71. The van der Waals surface area contributed by atoms with E-state index in [1.807, 2.05) is 12.1 Å². The molecule has 106 valence electrons. The Morgan fingerprint density at radius 3 is 3.25 bits per heavy atom. The van der Waals surface area contributed by atoms with Crippen LogP contribution in [0.4, 0.5) is 0 Å². The third-order valence-electron chi connectivity index (χ3n) is 3.71. The predicted molar refractivity (Wildman–Crippen MR) is 74.1 cm³/mol. The zero-order valence-electron chi connectivity index (χ0n) is 11.3. The van der Waals surface area contributed by atoms with Gasteiger partial charge < -0.3 is 15.5 Å². The third kappa shape index (κ3) is 2.80. The van der Waals surface area contributed by atoms with Gasteiger partial charge in [-0.15, -0.1) is 0 Å². The maximum Gasteiger partial charge on any atom is 0.269 e. The summed E-state index contributed by atoms with van der Waals surface area (Å²) >= 11 is 0. The fourth-order valence-corrected chi connectivity index (χ4v) is 2.60. The summed E-state index contributed by atoms with van der Waals surface area (Å²) in [6, 6.07) is 3.77. The Balaban J connectivity index is 1.53. The van der Waals surface area contributed by atoms with Crippen molar-refractivity contribution in [2.75, 3.05) is 13.1 Å². The lowest BCUT2D eigenvalue weighted by Gasteiger charge is -2.30. The van der Waals surface area contributed by atoms with Gasteiger partial charge in [-0.1, -0.05) is 11.2 Å². The SMILES string of the molecule is O=C(NCc1cccnc1)C1=NO[C@]2(CCCNC2)C1. The van der Waals surface area contributed by atoms with E-state index >= 15 is 0 Å². The molecule has 3 heterocycles. The molecule has 20 heavy (non-hydrogen) atoms. The van der Waals surface area contributed by atoms with Crippen LogP contribution in [0.25, 0.3) is 0 Å². The lowest BCUT2D eigenvalue weighted by molar-refractivity contribution is -0.115. The number of aromatic nitrogens is 1. The molecule has 1 aromatic heterocycles. The Bertz CT molecular complexity index is 509. The fraction of sp³-hybridized carbons (Fsp3) is 0.500. The summed E-state index contributed by atoms with van der Waals surface area (Å²) in [5.41, 5.74) is 1.14. The second-order valence-corrected chi connectivity index (χ2v) is 5.31. The Morgan fingerprint density at radius 1 is 1.55 bits per heavy atom. The van der Waals surface area contributed by atoms with Gasteiger partial charge in [0, 0.05) is 31.9 Å². The maximum absolute atomic E-state index is 12.1. The molecule has 0 unspecified atom stereocenters. The molecule has 0 aliphatic carbocycles. The molecule has 1 spiro atoms. The van der Waals surface area contributed by atoms with Crippen LogP contribution >= 0.6 is 0 Å². The average Bonchev–Trinajstić information content (AvgIpc) is 2.90. The van der Waals surface area contributed by atoms with Crippen LogP contribution in [0.15, 0.2) is 29.7 Å². The highest BCUT2D eigenvalue weighted by Crippen LogP contribution is 2.30. The molecule has 1 atom stereocenters. The van der Waals surface area contributed by atoms with Gasteiger partial charge in [-0.05, 0) is 31.0 Å². The molecule has 0 aromatic carbocycles. The number of hydrogen-bond acceptors (Lipinski definition) is 5. The second kappa shape index (κ2) is 5.58. The molecule has 3 rings (SSSR count). The van der Waals surface area contributed by atoms with Crippen LogP contribution in [0, 0.1) is 0 Å². The molecule has 1 aromatic rings. The van der Waals surface area contributed by atoms with Crippen LogP contribution in [0.3, 0.4) is 0 Å². The van der Waals surface area contributed by atoms with Gasteiger partial charge in [-0.2, -0.15) is 0 Å². The molecule has 6 nitrogen and oxygen atoms in total. The van der Waals surface area contributed by atoms with Crippen molar-refractivity contribution in [2.24, 2.45) is 5.16 Å². The molecule has 0 radical (unpaired) electrons. The van der Waals surface area contributed by atoms with Crippen molar-refractivity contribution in [1.82, 2.24) is 15.6 Å². The van der Waals surface area contributed by atoms with Gasteiger partial charge in [0.15, 0.2) is 5.60 Å². The maximum atomic E-state index is 12.1. The second-order valence-electron chi connectivity index (χ2n) is 5.31. The van der Waals surface area contributed by atoms with E-state index in [0.717, 1.165) is 31.5 Å². The van der Waals surface area contributed by atoms with Gasteiger partial charge in [0.05, 0.1) is 0 Å². The Kier molecular flexibility index (Phi) is 3.64. The minimum Gasteiger partial charge on any atom is -0.387 e. The molecular formula is C14H18N4O2. The summed E-state index contributed by atoms with van der Waals surface area (Å²) in [5, 5.41) is 10.1. The molecule has 2 N–H and O–H groups in total. The van der Waals surface area contributed by atoms with E-state index in [9.17, 15) is 4.79 Å². The van der Waals surface area contributed by atoms with Gasteiger partial charge in [-0.25, -0.2) is 0 Å². The number of nitrogens with zero attached hydrogens (tertiary/aromatic N) is 2. The first-order valence-corrected chi connectivity index (χ1v) is 6.90. The highest BCUT2D eigenvalue weighted by molar-refractivity contribution is 6.39. The first-order valence-electron chi connectivity index (χ1n) is 6.90. The zero-order chi connectivity index (χ0) is 13.8. The molecule has 0 bridgehead atoms. The number of carbonyl (C=O) groups excluding carboxylic acids is 1. The van der Waals surface area contributed by atoms with Crippen molar-refractivity contribution in [3.05, 3.63) is 30.1 Å². The Labute approximate surface area is 117 Å². The van der Waals surface area contributed by atoms with Gasteiger partial charge in [0.1, 0.15) is 5.71 Å². The number of rotatable bonds is 3. The highest BCUT2D eigenvalue weighted by Gasteiger charge is 2.42. The highest BCUT2D eigenvalue weighted by atomic mass is 16.7. The largest absolute Gasteiger partial charge is 0.387 e. The molecule has 2 aliphatic heterocycles. The lowest BCUT2D eigenvalue weighted by Crippen LogP contribution is -2.46. The monoisotopic (exact) mass is 274 g/mol. The first-order chi connectivity index (χ1) is 9.77. The Hall–Kier alpha value is -1.95. The van der Waals surface area contributed by atoms with Gasteiger partial charge in [0.2, 0.25) is 0 Å². The quantitative estimate of drug-likeness (QED) is 0.846. The van der Waals surface area contributed by atoms with Crippen LogP contribution in [0.5, 0.6) is 0 Å². The van der Waals surface area contributed by atoms with Crippen LogP contribution < -0.4 is 10.6 Å². The number of nitrogens with one attached hydrogen (secondary N) is 2. The van der Waals surface area contributed by atoms with Crippen LogP contribution in [-0.4, -0.2) is 35.3 Å². The minimum atomic E-state index is -0.306.